The van der Waals surface area contributed by atoms with Gasteiger partial charge in [-0.3, -0.25) is 9.78 Å². The number of hydrogen-bond acceptors (Lipinski definition) is 3. The lowest BCUT2D eigenvalue weighted by Gasteiger charge is -2.39. The Morgan fingerprint density at radius 1 is 1.26 bits per heavy atom. The highest BCUT2D eigenvalue weighted by Crippen LogP contribution is 2.56. The van der Waals surface area contributed by atoms with Gasteiger partial charge in [-0.05, 0) is 81.3 Å². The molecule has 0 radical (unpaired) electrons. The minimum Gasteiger partial charge on any atom is -0.364 e. The van der Waals surface area contributed by atoms with Crippen LogP contribution in [0.2, 0.25) is 0 Å². The molecule has 5 rings (SSSR count). The number of anilines is 1. The van der Waals surface area contributed by atoms with Crippen LogP contribution in [-0.2, 0) is 0 Å². The van der Waals surface area contributed by atoms with Crippen molar-refractivity contribution in [2.45, 2.75) is 64.0 Å². The lowest BCUT2D eigenvalue weighted by molar-refractivity contribution is 0.0995. The molecule has 31 heavy (non-hydrogen) atoms. The lowest BCUT2D eigenvalue weighted by Crippen LogP contribution is -2.31. The second kappa shape index (κ2) is 7.63. The third-order valence-corrected chi connectivity index (χ3v) is 8.30. The Bertz CT molecular complexity index is 974. The smallest absolute Gasteiger partial charge is 0.268 e. The summed E-state index contributed by atoms with van der Waals surface area (Å²) in [7, 11) is 0. The molecule has 3 aliphatic carbocycles. The molecule has 3 fully saturated rings. The first-order valence-electron chi connectivity index (χ1n) is 11.7. The number of hydrogen-bond donors (Lipinski definition) is 2. The largest absolute Gasteiger partial charge is 0.364 e. The van der Waals surface area contributed by atoms with Gasteiger partial charge in [0.1, 0.15) is 11.4 Å². The van der Waals surface area contributed by atoms with Crippen molar-refractivity contribution in [3.05, 3.63) is 47.6 Å². The van der Waals surface area contributed by atoms with Gasteiger partial charge in [-0.15, -0.1) is 5.73 Å². The minimum absolute atomic E-state index is 0.254. The van der Waals surface area contributed by atoms with Gasteiger partial charge in [0.2, 0.25) is 0 Å². The van der Waals surface area contributed by atoms with Gasteiger partial charge < -0.3 is 11.1 Å². The molecule has 1 aromatic rings. The molecule has 3 N–H and O–H groups in total. The van der Waals surface area contributed by atoms with Crippen LogP contribution in [0.25, 0.3) is 5.57 Å². The van der Waals surface area contributed by atoms with Crippen molar-refractivity contribution in [1.82, 2.24) is 4.98 Å². The van der Waals surface area contributed by atoms with Crippen molar-refractivity contribution in [1.29, 1.82) is 0 Å². The quantitative estimate of drug-likeness (QED) is 0.622. The fraction of sp³-hybridized carbons (Fsp3) is 0.577. The molecule has 5 heteroatoms. The van der Waals surface area contributed by atoms with Gasteiger partial charge in [-0.25, -0.2) is 4.39 Å². The Morgan fingerprint density at radius 2 is 1.97 bits per heavy atom. The molecule has 0 bridgehead atoms. The molecule has 164 valence electrons. The topological polar surface area (TPSA) is 68.0 Å². The Balaban J connectivity index is 1.42. The van der Waals surface area contributed by atoms with E-state index in [9.17, 15) is 9.18 Å². The van der Waals surface area contributed by atoms with Crippen LogP contribution in [0.3, 0.4) is 0 Å². The third kappa shape index (κ3) is 3.63. The van der Waals surface area contributed by atoms with Crippen LogP contribution in [-0.4, -0.2) is 16.6 Å². The molecule has 0 aromatic carbocycles. The summed E-state index contributed by atoms with van der Waals surface area (Å²) in [4.78, 5) is 16.1. The standard InChI is InChI=1S/C26H32FN3O/c1-3-15-12-22(30-21-8-9-29-24(23(15)21)25(28)31)20-7-5-4-6-19(20)16-10-17-13-26(2,27)14-18(17)11-16/h8-9,12,16-20,30H,1,4-7,10-11,13-14H2,2H3,(H2,28,31)/t16?,17?,18?,19?,20-,26?/m0/s1. The highest BCUT2D eigenvalue weighted by Gasteiger charge is 2.50. The van der Waals surface area contributed by atoms with E-state index < -0.39 is 11.6 Å². The summed E-state index contributed by atoms with van der Waals surface area (Å²) in [5.74, 6) is 2.31. The summed E-state index contributed by atoms with van der Waals surface area (Å²) in [5.41, 5.74) is 11.4. The van der Waals surface area contributed by atoms with Crippen LogP contribution in [0.4, 0.5) is 10.1 Å². The number of amides is 1. The van der Waals surface area contributed by atoms with Gasteiger partial charge in [0, 0.05) is 28.9 Å². The van der Waals surface area contributed by atoms with E-state index in [0.717, 1.165) is 30.5 Å². The Kier molecular flexibility index (Phi) is 5.05. The maximum Gasteiger partial charge on any atom is 0.268 e. The molecule has 4 nitrogen and oxygen atoms in total. The number of nitrogens with zero attached hydrogens (tertiary/aromatic N) is 1. The summed E-state index contributed by atoms with van der Waals surface area (Å²) in [6, 6.07) is 1.89. The average molecular weight is 422 g/mol. The predicted molar refractivity (Wildman–Crippen MR) is 121 cm³/mol. The second-order valence-electron chi connectivity index (χ2n) is 10.4. The summed E-state index contributed by atoms with van der Waals surface area (Å²) < 4.78 is 14.5. The van der Waals surface area contributed by atoms with Crippen molar-refractivity contribution in [2.75, 3.05) is 5.32 Å². The number of primary amides is 1. The Labute approximate surface area is 183 Å². The van der Waals surface area contributed by atoms with Crippen LogP contribution in [0.1, 0.15) is 74.3 Å². The number of carbonyl (C=O) groups is 1. The van der Waals surface area contributed by atoms with Crippen molar-refractivity contribution in [3.8, 4) is 0 Å². The predicted octanol–water partition coefficient (Wildman–Crippen LogP) is 5.63. The highest BCUT2D eigenvalue weighted by molar-refractivity contribution is 6.01. The third-order valence-electron chi connectivity index (χ3n) is 8.30. The van der Waals surface area contributed by atoms with E-state index in [4.69, 9.17) is 5.73 Å². The Morgan fingerprint density at radius 3 is 2.65 bits per heavy atom. The number of rotatable bonds is 3. The van der Waals surface area contributed by atoms with Gasteiger partial charge in [0.25, 0.3) is 5.91 Å². The fourth-order valence-electron chi connectivity index (χ4n) is 7.18. The first-order chi connectivity index (χ1) is 14.9. The van der Waals surface area contributed by atoms with Crippen molar-refractivity contribution in [3.63, 3.8) is 0 Å². The molecule has 2 heterocycles. The number of halogens is 1. The van der Waals surface area contributed by atoms with Crippen LogP contribution >= 0.6 is 0 Å². The van der Waals surface area contributed by atoms with E-state index in [1.165, 1.54) is 37.8 Å². The van der Waals surface area contributed by atoms with Gasteiger partial charge in [0.15, 0.2) is 0 Å². The molecule has 3 unspecified atom stereocenters. The van der Waals surface area contributed by atoms with Gasteiger partial charge in [-0.1, -0.05) is 19.4 Å². The van der Waals surface area contributed by atoms with E-state index in [0.29, 0.717) is 35.2 Å². The number of pyridine rings is 1. The molecule has 4 atom stereocenters. The number of aromatic nitrogens is 1. The molecule has 0 saturated heterocycles. The van der Waals surface area contributed by atoms with Crippen molar-refractivity contribution >= 4 is 17.2 Å². The second-order valence-corrected chi connectivity index (χ2v) is 10.4. The fourth-order valence-corrected chi connectivity index (χ4v) is 7.18. The van der Waals surface area contributed by atoms with E-state index in [1.54, 1.807) is 13.1 Å². The van der Waals surface area contributed by atoms with E-state index >= 15 is 0 Å². The zero-order valence-corrected chi connectivity index (χ0v) is 18.3. The number of fused-ring (bicyclic) bond motifs is 2. The van der Waals surface area contributed by atoms with E-state index in [2.05, 4.69) is 28.7 Å². The van der Waals surface area contributed by atoms with E-state index in [-0.39, 0.29) is 5.69 Å². The van der Waals surface area contributed by atoms with Crippen LogP contribution < -0.4 is 11.1 Å². The molecule has 1 aliphatic heterocycles. The van der Waals surface area contributed by atoms with Crippen LogP contribution in [0, 0.1) is 29.6 Å². The van der Waals surface area contributed by atoms with E-state index in [1.807, 2.05) is 6.07 Å². The zero-order valence-electron chi connectivity index (χ0n) is 18.3. The maximum absolute atomic E-state index is 14.5. The average Bonchev–Trinajstić information content (AvgIpc) is 3.25. The van der Waals surface area contributed by atoms with Gasteiger partial charge in [0.05, 0.1) is 5.69 Å². The number of allylic oxidation sites excluding steroid dienone is 3. The molecule has 1 amide bonds. The zero-order chi connectivity index (χ0) is 21.8. The number of nitrogens with two attached hydrogens (primary N) is 1. The van der Waals surface area contributed by atoms with Crippen LogP contribution in [0.5, 0.6) is 0 Å². The number of nitrogens with one attached hydrogen (secondary N) is 1. The molecule has 4 aliphatic rings. The molecular formula is C26H32FN3O. The highest BCUT2D eigenvalue weighted by atomic mass is 19.1. The molecule has 0 spiro atoms. The van der Waals surface area contributed by atoms with Gasteiger partial charge in [-0.2, -0.15) is 0 Å². The molecule has 1 aromatic heterocycles. The van der Waals surface area contributed by atoms with Crippen molar-refractivity contribution in [2.24, 2.45) is 35.3 Å². The number of carbonyl (C=O) groups excluding carboxylic acids is 1. The Hall–Kier alpha value is -2.39. The normalized spacial score (nSPS) is 36.8. The molecular weight excluding hydrogens is 389 g/mol. The van der Waals surface area contributed by atoms with Crippen molar-refractivity contribution < 1.29 is 9.18 Å². The molecule has 3 saturated carbocycles. The monoisotopic (exact) mass is 421 g/mol. The first kappa shape index (κ1) is 20.5. The lowest BCUT2D eigenvalue weighted by atomic mass is 9.69. The first-order valence-corrected chi connectivity index (χ1v) is 11.7. The van der Waals surface area contributed by atoms with Crippen LogP contribution in [0.15, 0.2) is 36.3 Å². The maximum atomic E-state index is 14.5. The summed E-state index contributed by atoms with van der Waals surface area (Å²) in [6.07, 6.45) is 12.5. The summed E-state index contributed by atoms with van der Waals surface area (Å²) in [6.45, 7) is 5.65. The SMILES string of the molecule is C=C=C1C=C([C@H]2CCCCC2C2CC3CC(C)(F)CC3C2)Nc2ccnc(C(N)=O)c21. The van der Waals surface area contributed by atoms with Gasteiger partial charge >= 0.3 is 0 Å². The summed E-state index contributed by atoms with van der Waals surface area (Å²) >= 11 is 0. The minimum atomic E-state index is -0.959. The summed E-state index contributed by atoms with van der Waals surface area (Å²) in [5, 5.41) is 3.61. The number of alkyl halides is 1.